The fourth-order valence-corrected chi connectivity index (χ4v) is 3.94. The van der Waals surface area contributed by atoms with Crippen molar-refractivity contribution >= 4 is 11.7 Å². The number of likely N-dealkylation sites (tertiary alicyclic amines) is 1. The van der Waals surface area contributed by atoms with Crippen LogP contribution in [-0.2, 0) is 11.4 Å². The fourth-order valence-electron chi connectivity index (χ4n) is 3.94. The molecule has 0 bridgehead atoms. The molecule has 32 heavy (non-hydrogen) atoms. The molecule has 0 saturated carbocycles. The zero-order valence-corrected chi connectivity index (χ0v) is 18.1. The first-order valence-corrected chi connectivity index (χ1v) is 11.1. The number of hydrogen-bond acceptors (Lipinski definition) is 4. The Bertz CT molecular complexity index is 1040. The van der Waals surface area contributed by atoms with E-state index in [9.17, 15) is 9.59 Å². The van der Waals surface area contributed by atoms with Gasteiger partial charge in [-0.3, -0.25) is 14.5 Å². The Labute approximate surface area is 189 Å². The average Bonchev–Trinajstić information content (AvgIpc) is 3.07. The maximum atomic E-state index is 13.2. The Hall–Kier alpha value is -3.44. The zero-order valence-electron chi connectivity index (χ0n) is 18.1. The molecule has 1 amide bonds. The van der Waals surface area contributed by atoms with Gasteiger partial charge >= 0.3 is 0 Å². The van der Waals surface area contributed by atoms with Crippen molar-refractivity contribution in [1.29, 1.82) is 0 Å². The molecule has 1 aliphatic rings. The first-order valence-electron chi connectivity index (χ1n) is 11.1. The molecule has 1 atom stereocenters. The summed E-state index contributed by atoms with van der Waals surface area (Å²) < 4.78 is 5.89. The van der Waals surface area contributed by atoms with Crippen LogP contribution in [0.25, 0.3) is 0 Å². The van der Waals surface area contributed by atoms with E-state index in [-0.39, 0.29) is 17.9 Å². The van der Waals surface area contributed by atoms with Gasteiger partial charge in [-0.1, -0.05) is 66.7 Å². The number of ether oxygens (including phenoxy) is 1. The molecule has 1 fully saturated rings. The molecule has 3 aromatic carbocycles. The molecule has 0 aliphatic carbocycles. The SMILES string of the molecule is O=C1CCCN(C(NC(=O)c2cccc(OCc3ccccc3)c2)c2ccccc2)CC1. The van der Waals surface area contributed by atoms with Crippen molar-refractivity contribution in [2.75, 3.05) is 13.1 Å². The quantitative estimate of drug-likeness (QED) is 0.590. The molecule has 0 radical (unpaired) electrons. The van der Waals surface area contributed by atoms with Gasteiger partial charge in [-0.15, -0.1) is 0 Å². The van der Waals surface area contributed by atoms with Gasteiger partial charge < -0.3 is 10.1 Å². The lowest BCUT2D eigenvalue weighted by molar-refractivity contribution is -0.118. The van der Waals surface area contributed by atoms with Gasteiger partial charge in [0, 0.05) is 31.5 Å². The molecule has 1 N–H and O–H groups in total. The van der Waals surface area contributed by atoms with E-state index in [0.717, 1.165) is 24.1 Å². The van der Waals surface area contributed by atoms with E-state index in [1.807, 2.05) is 72.8 Å². The van der Waals surface area contributed by atoms with E-state index >= 15 is 0 Å². The van der Waals surface area contributed by atoms with Crippen LogP contribution in [0.3, 0.4) is 0 Å². The van der Waals surface area contributed by atoms with E-state index < -0.39 is 0 Å². The summed E-state index contributed by atoms with van der Waals surface area (Å²) in [6.45, 7) is 1.85. The minimum Gasteiger partial charge on any atom is -0.489 e. The van der Waals surface area contributed by atoms with Gasteiger partial charge in [0.2, 0.25) is 0 Å². The Morgan fingerprint density at radius 3 is 2.44 bits per heavy atom. The molecule has 164 valence electrons. The first kappa shape index (κ1) is 21.8. The molecule has 4 rings (SSSR count). The van der Waals surface area contributed by atoms with Crippen LogP contribution in [0.4, 0.5) is 0 Å². The number of hydrogen-bond donors (Lipinski definition) is 1. The molecule has 1 heterocycles. The van der Waals surface area contributed by atoms with Crippen molar-refractivity contribution in [2.45, 2.75) is 32.0 Å². The van der Waals surface area contributed by atoms with E-state index in [4.69, 9.17) is 4.74 Å². The van der Waals surface area contributed by atoms with Crippen LogP contribution in [0.2, 0.25) is 0 Å². The van der Waals surface area contributed by atoms with E-state index in [1.54, 1.807) is 12.1 Å². The largest absolute Gasteiger partial charge is 0.489 e. The predicted molar refractivity (Wildman–Crippen MR) is 124 cm³/mol. The molecule has 1 unspecified atom stereocenters. The molecular weight excluding hydrogens is 400 g/mol. The number of amides is 1. The molecular formula is C27H28N2O3. The fraction of sp³-hybridized carbons (Fsp3) is 0.259. The summed E-state index contributed by atoms with van der Waals surface area (Å²) in [6.07, 6.45) is 1.64. The Morgan fingerprint density at radius 2 is 1.66 bits per heavy atom. The minimum absolute atomic E-state index is 0.167. The van der Waals surface area contributed by atoms with Gasteiger partial charge in [-0.25, -0.2) is 0 Å². The minimum atomic E-state index is -0.288. The van der Waals surface area contributed by atoms with Crippen molar-refractivity contribution in [3.05, 3.63) is 102 Å². The third kappa shape index (κ3) is 5.83. The molecule has 3 aromatic rings. The lowest BCUT2D eigenvalue weighted by atomic mass is 10.1. The van der Waals surface area contributed by atoms with Crippen molar-refractivity contribution in [2.24, 2.45) is 0 Å². The highest BCUT2D eigenvalue weighted by atomic mass is 16.5. The maximum absolute atomic E-state index is 13.2. The predicted octanol–water partition coefficient (Wildman–Crippen LogP) is 4.75. The molecule has 5 heteroatoms. The monoisotopic (exact) mass is 428 g/mol. The third-order valence-corrected chi connectivity index (χ3v) is 5.67. The second-order valence-electron chi connectivity index (χ2n) is 8.02. The number of nitrogens with one attached hydrogen (secondary N) is 1. The summed E-state index contributed by atoms with van der Waals surface area (Å²) in [6, 6.07) is 27.1. The topological polar surface area (TPSA) is 58.6 Å². The van der Waals surface area contributed by atoms with Crippen LogP contribution in [0, 0.1) is 0 Å². The highest BCUT2D eigenvalue weighted by Gasteiger charge is 2.25. The lowest BCUT2D eigenvalue weighted by Crippen LogP contribution is -2.42. The van der Waals surface area contributed by atoms with Gasteiger partial charge in [-0.2, -0.15) is 0 Å². The van der Waals surface area contributed by atoms with Crippen LogP contribution in [0.15, 0.2) is 84.9 Å². The van der Waals surface area contributed by atoms with Crippen molar-refractivity contribution in [1.82, 2.24) is 10.2 Å². The van der Waals surface area contributed by atoms with E-state index in [1.165, 1.54) is 0 Å². The molecule has 0 aromatic heterocycles. The number of carbonyl (C=O) groups excluding carboxylic acids is 2. The van der Waals surface area contributed by atoms with Crippen LogP contribution in [0.1, 0.15) is 46.9 Å². The van der Waals surface area contributed by atoms with Crippen LogP contribution in [0.5, 0.6) is 5.75 Å². The van der Waals surface area contributed by atoms with Crippen molar-refractivity contribution in [3.63, 3.8) is 0 Å². The zero-order chi connectivity index (χ0) is 22.2. The van der Waals surface area contributed by atoms with E-state index in [2.05, 4.69) is 10.2 Å². The molecule has 1 saturated heterocycles. The summed E-state index contributed by atoms with van der Waals surface area (Å²) in [5, 5.41) is 3.18. The van der Waals surface area contributed by atoms with Crippen molar-refractivity contribution < 1.29 is 14.3 Å². The van der Waals surface area contributed by atoms with Gasteiger partial charge in [0.15, 0.2) is 0 Å². The van der Waals surface area contributed by atoms with Gasteiger partial charge in [0.1, 0.15) is 24.3 Å². The number of carbonyl (C=O) groups is 2. The highest BCUT2D eigenvalue weighted by molar-refractivity contribution is 5.94. The summed E-state index contributed by atoms with van der Waals surface area (Å²) in [4.78, 5) is 27.3. The third-order valence-electron chi connectivity index (χ3n) is 5.67. The first-order chi connectivity index (χ1) is 15.7. The summed E-state index contributed by atoms with van der Waals surface area (Å²) in [7, 11) is 0. The van der Waals surface area contributed by atoms with Crippen LogP contribution >= 0.6 is 0 Å². The maximum Gasteiger partial charge on any atom is 0.252 e. The normalized spacial score (nSPS) is 15.6. The second kappa shape index (κ2) is 10.7. The Morgan fingerprint density at radius 1 is 0.906 bits per heavy atom. The van der Waals surface area contributed by atoms with Crippen LogP contribution in [-0.4, -0.2) is 29.7 Å². The van der Waals surface area contributed by atoms with Crippen LogP contribution < -0.4 is 10.1 Å². The van der Waals surface area contributed by atoms with Gasteiger partial charge in [0.25, 0.3) is 5.91 Å². The smallest absolute Gasteiger partial charge is 0.252 e. The summed E-state index contributed by atoms with van der Waals surface area (Å²) in [5.74, 6) is 0.770. The molecule has 5 nitrogen and oxygen atoms in total. The highest BCUT2D eigenvalue weighted by Crippen LogP contribution is 2.23. The number of rotatable bonds is 7. The standard InChI is InChI=1S/C27H28N2O3/c30-24-14-8-17-29(18-16-24)26(22-11-5-2-6-12-22)28-27(31)23-13-7-15-25(19-23)32-20-21-9-3-1-4-10-21/h1-7,9-13,15,19,26H,8,14,16-18,20H2,(H,28,31). The number of nitrogens with zero attached hydrogens (tertiary/aromatic N) is 1. The van der Waals surface area contributed by atoms with Gasteiger partial charge in [0.05, 0.1) is 0 Å². The molecule has 1 aliphatic heterocycles. The average molecular weight is 429 g/mol. The number of ketones is 1. The lowest BCUT2D eigenvalue weighted by Gasteiger charge is -2.31. The number of Topliss-reactive ketones (excluding diaryl/α,β-unsaturated/α-hetero) is 1. The Balaban J connectivity index is 1.48. The van der Waals surface area contributed by atoms with E-state index in [0.29, 0.717) is 37.3 Å². The molecule has 0 spiro atoms. The second-order valence-corrected chi connectivity index (χ2v) is 8.02. The summed E-state index contributed by atoms with van der Waals surface area (Å²) >= 11 is 0. The Kier molecular flexibility index (Phi) is 7.31. The van der Waals surface area contributed by atoms with Crippen molar-refractivity contribution in [3.8, 4) is 5.75 Å². The summed E-state index contributed by atoms with van der Waals surface area (Å²) in [5.41, 5.74) is 2.62. The van der Waals surface area contributed by atoms with Gasteiger partial charge in [-0.05, 0) is 35.7 Å². The number of benzene rings is 3.